The molecule has 6 rings (SSSR count). The van der Waals surface area contributed by atoms with Crippen molar-refractivity contribution in [1.29, 1.82) is 0 Å². The molecule has 0 radical (unpaired) electrons. The minimum atomic E-state index is -4.32. The topological polar surface area (TPSA) is 93.2 Å². The fraction of sp³-hybridized carbons (Fsp3) is 0.179. The maximum absolute atomic E-state index is 14.7. The van der Waals surface area contributed by atoms with E-state index < -0.39 is 28.5 Å². The molecule has 0 N–H and O–H groups in total. The third-order valence-electron chi connectivity index (χ3n) is 8.41. The predicted octanol–water partition coefficient (Wildman–Crippen LogP) is 9.00. The molecule has 0 unspecified atom stereocenters. The van der Waals surface area contributed by atoms with Gasteiger partial charge in [-0.3, -0.25) is 13.9 Å². The number of ether oxygens (including phenoxy) is 2. The molecule has 0 heterocycles. The van der Waals surface area contributed by atoms with E-state index in [4.69, 9.17) is 9.47 Å². The highest BCUT2D eigenvalue weighted by Gasteiger charge is 2.31. The molecule has 0 aromatic heterocycles. The quantitative estimate of drug-likeness (QED) is 0.114. The number of anilines is 2. The molecule has 0 bridgehead atoms. The van der Waals surface area contributed by atoms with Crippen molar-refractivity contribution < 1.29 is 27.5 Å². The van der Waals surface area contributed by atoms with Gasteiger partial charge in [0.25, 0.3) is 10.0 Å². The van der Waals surface area contributed by atoms with Crippen molar-refractivity contribution in [3.63, 3.8) is 0 Å². The summed E-state index contributed by atoms with van der Waals surface area (Å²) in [4.78, 5) is 28.1. The molecule has 0 aliphatic heterocycles. The number of carbonyl (C=O) groups is 2. The lowest BCUT2D eigenvalue weighted by Crippen LogP contribution is -2.37. The molecule has 6 aromatic rings. The lowest BCUT2D eigenvalue weighted by Gasteiger charge is -2.29. The second-order valence-corrected chi connectivity index (χ2v) is 15.0. The van der Waals surface area contributed by atoms with Gasteiger partial charge in [0.05, 0.1) is 23.8 Å². The standard InChI is InChI=1S/C39H34Br2N2O6S/c1-3-48-38(44)24-42(23-26-17-18-33(40)28-12-6-5-11-27(26)28)35-20-21-36(31-15-9-8-14-30(31)35)43(25-39(45)49-4-2)50(46,47)37-22-19-34(41)29-13-7-10-16-32(29)37/h5-22H,3-4,23-25H2,1-2H3. The molecule has 0 aliphatic carbocycles. The molecule has 6 aromatic carbocycles. The lowest BCUT2D eigenvalue weighted by atomic mass is 10.0. The van der Waals surface area contributed by atoms with Crippen LogP contribution in [0.3, 0.4) is 0 Å². The molecule has 0 saturated carbocycles. The van der Waals surface area contributed by atoms with Crippen LogP contribution in [0, 0.1) is 0 Å². The van der Waals surface area contributed by atoms with E-state index in [1.54, 1.807) is 50.2 Å². The van der Waals surface area contributed by atoms with Gasteiger partial charge in [-0.2, -0.15) is 0 Å². The van der Waals surface area contributed by atoms with Crippen molar-refractivity contribution in [2.45, 2.75) is 25.3 Å². The van der Waals surface area contributed by atoms with Gasteiger partial charge in [0.15, 0.2) is 0 Å². The number of nitrogens with zero attached hydrogens (tertiary/aromatic N) is 2. The van der Waals surface area contributed by atoms with Crippen molar-refractivity contribution in [3.8, 4) is 0 Å². The number of fused-ring (bicyclic) bond motifs is 3. The Morgan fingerprint density at radius 3 is 1.68 bits per heavy atom. The fourth-order valence-corrected chi connectivity index (χ4v) is 8.80. The Labute approximate surface area is 307 Å². The minimum absolute atomic E-state index is 0.0444. The third kappa shape index (κ3) is 7.08. The highest BCUT2D eigenvalue weighted by atomic mass is 79.9. The molecular formula is C39H34Br2N2O6S. The van der Waals surface area contributed by atoms with Crippen LogP contribution in [0.1, 0.15) is 19.4 Å². The first-order valence-electron chi connectivity index (χ1n) is 16.1. The summed E-state index contributed by atoms with van der Waals surface area (Å²) in [5.74, 6) is -1.08. The largest absolute Gasteiger partial charge is 0.465 e. The summed E-state index contributed by atoms with van der Waals surface area (Å²) in [6.45, 7) is 3.56. The van der Waals surface area contributed by atoms with Crippen LogP contribution in [0.15, 0.2) is 123 Å². The molecular weight excluding hydrogens is 784 g/mol. The van der Waals surface area contributed by atoms with Crippen LogP contribution in [0.4, 0.5) is 11.4 Å². The van der Waals surface area contributed by atoms with E-state index in [0.29, 0.717) is 34.1 Å². The number of hydrogen-bond donors (Lipinski definition) is 0. The normalized spacial score (nSPS) is 11.5. The molecule has 256 valence electrons. The predicted molar refractivity (Wildman–Crippen MR) is 206 cm³/mol. The molecule has 0 amide bonds. The summed E-state index contributed by atoms with van der Waals surface area (Å²) in [5.41, 5.74) is 2.00. The highest BCUT2D eigenvalue weighted by Crippen LogP contribution is 2.39. The van der Waals surface area contributed by atoms with Gasteiger partial charge in [-0.1, -0.05) is 111 Å². The molecule has 0 spiro atoms. The molecule has 0 atom stereocenters. The van der Waals surface area contributed by atoms with Crippen LogP contribution in [0.25, 0.3) is 32.3 Å². The van der Waals surface area contributed by atoms with E-state index in [2.05, 4.69) is 31.9 Å². The van der Waals surface area contributed by atoms with Gasteiger partial charge >= 0.3 is 11.9 Å². The van der Waals surface area contributed by atoms with Gasteiger partial charge < -0.3 is 14.4 Å². The molecule has 0 aliphatic rings. The molecule has 8 nitrogen and oxygen atoms in total. The monoisotopic (exact) mass is 816 g/mol. The van der Waals surface area contributed by atoms with Crippen LogP contribution < -0.4 is 9.21 Å². The smallest absolute Gasteiger partial charge is 0.326 e. The number of benzene rings is 6. The second kappa shape index (κ2) is 15.2. The van der Waals surface area contributed by atoms with E-state index in [-0.39, 0.29) is 24.7 Å². The highest BCUT2D eigenvalue weighted by molar-refractivity contribution is 9.11. The third-order valence-corrected chi connectivity index (χ3v) is 11.6. The number of rotatable bonds is 12. The first kappa shape index (κ1) is 35.4. The average molecular weight is 819 g/mol. The van der Waals surface area contributed by atoms with Gasteiger partial charge in [-0.05, 0) is 65.9 Å². The molecule has 0 fully saturated rings. The average Bonchev–Trinajstić information content (AvgIpc) is 3.11. The van der Waals surface area contributed by atoms with Gasteiger partial charge in [0, 0.05) is 37.3 Å². The van der Waals surface area contributed by atoms with Crippen LogP contribution in [0.2, 0.25) is 0 Å². The van der Waals surface area contributed by atoms with Crippen LogP contribution in [0.5, 0.6) is 0 Å². The minimum Gasteiger partial charge on any atom is -0.465 e. The number of sulfonamides is 1. The maximum atomic E-state index is 14.7. The van der Waals surface area contributed by atoms with Gasteiger partial charge in [0.1, 0.15) is 13.1 Å². The SMILES string of the molecule is CCOC(=O)CN(Cc1ccc(Br)c2ccccc12)c1ccc(N(CC(=O)OCC)S(=O)(=O)c2ccc(Br)c3ccccc23)c2ccccc12. The van der Waals surface area contributed by atoms with Crippen LogP contribution >= 0.6 is 31.9 Å². The van der Waals surface area contributed by atoms with Gasteiger partial charge in [-0.15, -0.1) is 0 Å². The Morgan fingerprint density at radius 1 is 0.580 bits per heavy atom. The summed E-state index contributed by atoms with van der Waals surface area (Å²) in [6.07, 6.45) is 0. The Balaban J connectivity index is 1.52. The number of carbonyl (C=O) groups excluding carboxylic acids is 2. The van der Waals surface area contributed by atoms with E-state index >= 15 is 0 Å². The zero-order chi connectivity index (χ0) is 35.4. The van der Waals surface area contributed by atoms with Crippen molar-refractivity contribution in [1.82, 2.24) is 0 Å². The lowest BCUT2D eigenvalue weighted by molar-refractivity contribution is -0.142. The summed E-state index contributed by atoms with van der Waals surface area (Å²) >= 11 is 7.20. The van der Waals surface area contributed by atoms with E-state index in [0.717, 1.165) is 35.0 Å². The first-order valence-corrected chi connectivity index (χ1v) is 19.1. The van der Waals surface area contributed by atoms with Crippen molar-refractivity contribution in [3.05, 3.63) is 124 Å². The van der Waals surface area contributed by atoms with Crippen molar-refractivity contribution in [2.24, 2.45) is 0 Å². The molecule has 50 heavy (non-hydrogen) atoms. The Bertz CT molecular complexity index is 2350. The van der Waals surface area contributed by atoms with E-state index in [9.17, 15) is 18.0 Å². The summed E-state index contributed by atoms with van der Waals surface area (Å²) < 4.78 is 42.9. The van der Waals surface area contributed by atoms with Crippen molar-refractivity contribution >= 4 is 97.5 Å². The van der Waals surface area contributed by atoms with Crippen LogP contribution in [-0.2, 0) is 35.6 Å². The summed E-state index contributed by atoms with van der Waals surface area (Å²) in [5, 5.41) is 4.58. The zero-order valence-electron chi connectivity index (χ0n) is 27.4. The van der Waals surface area contributed by atoms with E-state index in [1.165, 1.54) is 0 Å². The maximum Gasteiger partial charge on any atom is 0.326 e. The van der Waals surface area contributed by atoms with Crippen molar-refractivity contribution in [2.75, 3.05) is 35.5 Å². The summed E-state index contributed by atoms with van der Waals surface area (Å²) in [7, 11) is -4.32. The van der Waals surface area contributed by atoms with Gasteiger partial charge in [-0.25, -0.2) is 8.42 Å². The Hall–Kier alpha value is -4.45. The van der Waals surface area contributed by atoms with Gasteiger partial charge in [0.2, 0.25) is 0 Å². The second-order valence-electron chi connectivity index (χ2n) is 11.5. The van der Waals surface area contributed by atoms with Crippen LogP contribution in [-0.4, -0.2) is 46.7 Å². The number of hydrogen-bond acceptors (Lipinski definition) is 7. The number of halogens is 2. The Morgan fingerprint density at radius 2 is 1.06 bits per heavy atom. The molecule has 11 heteroatoms. The fourth-order valence-electron chi connectivity index (χ4n) is 6.22. The zero-order valence-corrected chi connectivity index (χ0v) is 31.4. The Kier molecular flexibility index (Phi) is 10.8. The molecule has 0 saturated heterocycles. The number of esters is 2. The summed E-state index contributed by atoms with van der Waals surface area (Å²) in [6, 6.07) is 33.4. The van der Waals surface area contributed by atoms with E-state index in [1.807, 2.05) is 77.7 Å². The first-order chi connectivity index (χ1) is 24.1.